The quantitative estimate of drug-likeness (QED) is 0.338. The molecule has 110 valence electrons. The van der Waals surface area contributed by atoms with E-state index in [9.17, 15) is 0 Å². The average molecular weight is 277 g/mol. The standard InChI is InChI=1S/C13H23N7/c14-5-1-2-13(20)3-4(13)6(5)7-8(15)10(17)12(19)11(18)9(7)16/h4-6H,1-3,14-20H2/t4?,5?,6?,13-/m1/s1. The minimum absolute atomic E-state index is 0.000972. The van der Waals surface area contributed by atoms with Gasteiger partial charge < -0.3 is 40.1 Å². The lowest BCUT2D eigenvalue weighted by Crippen LogP contribution is -2.42. The summed E-state index contributed by atoms with van der Waals surface area (Å²) in [5.74, 6) is 0.289. The second-order valence-corrected chi connectivity index (χ2v) is 6.25. The molecule has 4 atom stereocenters. The lowest BCUT2D eigenvalue weighted by molar-refractivity contribution is 0.338. The van der Waals surface area contributed by atoms with E-state index in [1.54, 1.807) is 0 Å². The Labute approximate surface area is 117 Å². The third-order valence-corrected chi connectivity index (χ3v) is 5.09. The van der Waals surface area contributed by atoms with Crippen molar-refractivity contribution in [1.29, 1.82) is 0 Å². The van der Waals surface area contributed by atoms with Gasteiger partial charge in [0.15, 0.2) is 0 Å². The Balaban J connectivity index is 2.15. The fraction of sp³-hybridized carbons (Fsp3) is 0.538. The van der Waals surface area contributed by atoms with Gasteiger partial charge in [-0.3, -0.25) is 0 Å². The third-order valence-electron chi connectivity index (χ3n) is 5.09. The summed E-state index contributed by atoms with van der Waals surface area (Å²) in [6.07, 6.45) is 2.73. The van der Waals surface area contributed by atoms with Crippen molar-refractivity contribution in [2.45, 2.75) is 36.8 Å². The van der Waals surface area contributed by atoms with Gasteiger partial charge in [-0.15, -0.1) is 0 Å². The second kappa shape index (κ2) is 3.83. The number of anilines is 5. The monoisotopic (exact) mass is 277 g/mol. The van der Waals surface area contributed by atoms with Gasteiger partial charge in [0.2, 0.25) is 0 Å². The van der Waals surface area contributed by atoms with Crippen LogP contribution in [0.5, 0.6) is 0 Å². The van der Waals surface area contributed by atoms with Gasteiger partial charge in [-0.2, -0.15) is 0 Å². The maximum absolute atomic E-state index is 6.32. The highest BCUT2D eigenvalue weighted by Crippen LogP contribution is 2.60. The van der Waals surface area contributed by atoms with Crippen LogP contribution >= 0.6 is 0 Å². The maximum Gasteiger partial charge on any atom is 0.0824 e. The molecule has 0 aromatic heterocycles. The first-order valence-corrected chi connectivity index (χ1v) is 6.83. The average Bonchev–Trinajstić information content (AvgIpc) is 3.09. The van der Waals surface area contributed by atoms with Crippen LogP contribution in [0.4, 0.5) is 28.4 Å². The lowest BCUT2D eigenvalue weighted by Gasteiger charge is -2.34. The van der Waals surface area contributed by atoms with E-state index in [1.807, 2.05) is 0 Å². The summed E-state index contributed by atoms with van der Waals surface area (Å²) in [5.41, 5.74) is 44.8. The number of rotatable bonds is 1. The van der Waals surface area contributed by atoms with Crippen molar-refractivity contribution in [1.82, 2.24) is 0 Å². The molecular weight excluding hydrogens is 254 g/mol. The van der Waals surface area contributed by atoms with Crippen LogP contribution in [0.25, 0.3) is 0 Å². The molecule has 0 radical (unpaired) electrons. The van der Waals surface area contributed by atoms with Gasteiger partial charge in [0.05, 0.1) is 28.4 Å². The number of hydrogen-bond donors (Lipinski definition) is 7. The van der Waals surface area contributed by atoms with E-state index in [0.717, 1.165) is 24.8 Å². The van der Waals surface area contributed by atoms with Crippen molar-refractivity contribution in [3.63, 3.8) is 0 Å². The van der Waals surface area contributed by atoms with Crippen LogP contribution < -0.4 is 40.1 Å². The SMILES string of the molecule is Nc1c(N)c(N)c(C2C(N)CC[C@@]3(N)CC23)c(N)c1N. The predicted octanol–water partition coefficient (Wildman–Crippen LogP) is -0.480. The Morgan fingerprint density at radius 2 is 1.35 bits per heavy atom. The number of nitrogen functional groups attached to an aromatic ring is 5. The second-order valence-electron chi connectivity index (χ2n) is 6.25. The Kier molecular flexibility index (Phi) is 2.52. The highest BCUT2D eigenvalue weighted by atomic mass is 14.9. The van der Waals surface area contributed by atoms with E-state index < -0.39 is 0 Å². The molecule has 1 aromatic rings. The molecule has 1 aromatic carbocycles. The summed E-state index contributed by atoms with van der Waals surface area (Å²) < 4.78 is 0. The fourth-order valence-corrected chi connectivity index (χ4v) is 3.68. The van der Waals surface area contributed by atoms with Crippen molar-refractivity contribution in [2.75, 3.05) is 28.7 Å². The zero-order chi connectivity index (χ0) is 14.8. The molecule has 2 aliphatic rings. The molecule has 7 heteroatoms. The fourth-order valence-electron chi connectivity index (χ4n) is 3.68. The van der Waals surface area contributed by atoms with Crippen LogP contribution in [0.3, 0.4) is 0 Å². The molecule has 0 saturated heterocycles. The van der Waals surface area contributed by atoms with Gasteiger partial charge in [-0.25, -0.2) is 0 Å². The number of benzene rings is 1. The Bertz CT molecular complexity index is 556. The zero-order valence-electron chi connectivity index (χ0n) is 11.4. The molecule has 2 saturated carbocycles. The van der Waals surface area contributed by atoms with Crippen molar-refractivity contribution in [3.8, 4) is 0 Å². The molecule has 3 unspecified atom stereocenters. The molecule has 0 bridgehead atoms. The largest absolute Gasteiger partial charge is 0.397 e. The van der Waals surface area contributed by atoms with Gasteiger partial charge in [0, 0.05) is 23.1 Å². The summed E-state index contributed by atoms with van der Waals surface area (Å²) in [5, 5.41) is 0. The summed E-state index contributed by atoms with van der Waals surface area (Å²) in [7, 11) is 0. The highest BCUT2D eigenvalue weighted by molar-refractivity contribution is 5.96. The molecule has 0 aliphatic heterocycles. The summed E-state index contributed by atoms with van der Waals surface area (Å²) in [6.45, 7) is 0. The van der Waals surface area contributed by atoms with E-state index >= 15 is 0 Å². The molecule has 2 fully saturated rings. The van der Waals surface area contributed by atoms with E-state index in [0.29, 0.717) is 17.3 Å². The minimum atomic E-state index is -0.135. The van der Waals surface area contributed by atoms with Crippen LogP contribution in [-0.2, 0) is 0 Å². The van der Waals surface area contributed by atoms with Crippen molar-refractivity contribution in [3.05, 3.63) is 5.56 Å². The zero-order valence-corrected chi connectivity index (χ0v) is 11.4. The van der Waals surface area contributed by atoms with Crippen LogP contribution in [0.15, 0.2) is 0 Å². The normalized spacial score (nSPS) is 35.6. The number of fused-ring (bicyclic) bond motifs is 1. The first-order chi connectivity index (χ1) is 9.28. The van der Waals surface area contributed by atoms with Crippen LogP contribution in [0, 0.1) is 5.92 Å². The molecular formula is C13H23N7. The Morgan fingerprint density at radius 3 is 1.90 bits per heavy atom. The number of hydrogen-bond acceptors (Lipinski definition) is 7. The minimum Gasteiger partial charge on any atom is -0.397 e. The van der Waals surface area contributed by atoms with Crippen LogP contribution in [0.2, 0.25) is 0 Å². The molecule has 0 heterocycles. The Morgan fingerprint density at radius 1 is 0.850 bits per heavy atom. The van der Waals surface area contributed by atoms with Gasteiger partial charge >= 0.3 is 0 Å². The van der Waals surface area contributed by atoms with E-state index in [-0.39, 0.29) is 34.6 Å². The van der Waals surface area contributed by atoms with Crippen molar-refractivity contribution < 1.29 is 0 Å². The molecule has 0 amide bonds. The van der Waals surface area contributed by atoms with Gasteiger partial charge in [0.25, 0.3) is 0 Å². The summed E-state index contributed by atoms with van der Waals surface area (Å²) in [6, 6.07) is -0.0359. The third kappa shape index (κ3) is 1.53. The molecule has 14 N–H and O–H groups in total. The van der Waals surface area contributed by atoms with Crippen LogP contribution in [0.1, 0.15) is 30.7 Å². The van der Waals surface area contributed by atoms with Crippen LogP contribution in [-0.4, -0.2) is 11.6 Å². The van der Waals surface area contributed by atoms with Gasteiger partial charge in [-0.05, 0) is 25.2 Å². The lowest BCUT2D eigenvalue weighted by atomic mass is 9.76. The van der Waals surface area contributed by atoms with Gasteiger partial charge in [-0.1, -0.05) is 0 Å². The van der Waals surface area contributed by atoms with Crippen molar-refractivity contribution >= 4 is 28.4 Å². The topological polar surface area (TPSA) is 182 Å². The summed E-state index contributed by atoms with van der Waals surface area (Å²) >= 11 is 0. The van der Waals surface area contributed by atoms with Gasteiger partial charge in [0.1, 0.15) is 0 Å². The Hall–Kier alpha value is -1.86. The van der Waals surface area contributed by atoms with E-state index in [4.69, 9.17) is 40.1 Å². The molecule has 0 spiro atoms. The van der Waals surface area contributed by atoms with E-state index in [1.165, 1.54) is 0 Å². The first-order valence-electron chi connectivity index (χ1n) is 6.83. The van der Waals surface area contributed by atoms with E-state index in [2.05, 4.69) is 0 Å². The predicted molar refractivity (Wildman–Crippen MR) is 83.5 cm³/mol. The number of nitrogens with two attached hydrogens (primary N) is 7. The summed E-state index contributed by atoms with van der Waals surface area (Å²) in [4.78, 5) is 0. The highest BCUT2D eigenvalue weighted by Gasteiger charge is 2.59. The molecule has 3 rings (SSSR count). The first kappa shape index (κ1) is 13.1. The maximum atomic E-state index is 6.32. The smallest absolute Gasteiger partial charge is 0.0824 e. The molecule has 2 aliphatic carbocycles. The van der Waals surface area contributed by atoms with Crippen molar-refractivity contribution in [2.24, 2.45) is 17.4 Å². The molecule has 7 nitrogen and oxygen atoms in total. The molecule has 20 heavy (non-hydrogen) atoms.